The molecule has 0 radical (unpaired) electrons. The molecular formula is C11H14F3N3O2S. The van der Waals surface area contributed by atoms with Crippen molar-refractivity contribution in [1.29, 1.82) is 0 Å². The van der Waals surface area contributed by atoms with Crippen LogP contribution in [0.15, 0.2) is 6.20 Å². The summed E-state index contributed by atoms with van der Waals surface area (Å²) in [4.78, 5) is 17.9. The molecule has 1 aliphatic heterocycles. The maximum atomic E-state index is 12.5. The van der Waals surface area contributed by atoms with E-state index in [4.69, 9.17) is 4.74 Å². The number of hydrogen-bond donors (Lipinski definition) is 0. The van der Waals surface area contributed by atoms with Gasteiger partial charge >= 0.3 is 12.3 Å². The van der Waals surface area contributed by atoms with E-state index >= 15 is 0 Å². The van der Waals surface area contributed by atoms with Crippen molar-refractivity contribution in [3.05, 3.63) is 11.1 Å². The molecule has 5 nitrogen and oxygen atoms in total. The molecule has 1 aliphatic rings. The van der Waals surface area contributed by atoms with Gasteiger partial charge in [-0.1, -0.05) is 11.3 Å². The number of ether oxygens (including phenoxy) is 1. The second-order valence-electron chi connectivity index (χ2n) is 4.18. The highest BCUT2D eigenvalue weighted by molar-refractivity contribution is 7.15. The largest absolute Gasteiger partial charge is 0.450 e. The van der Waals surface area contributed by atoms with Gasteiger partial charge in [-0.25, -0.2) is 9.78 Å². The number of carbonyl (C=O) groups is 1. The lowest BCUT2D eigenvalue weighted by atomic mass is 10.3. The Morgan fingerprint density at radius 2 is 2.05 bits per heavy atom. The lowest BCUT2D eigenvalue weighted by molar-refractivity contribution is -0.134. The first-order chi connectivity index (χ1) is 9.41. The zero-order chi connectivity index (χ0) is 14.8. The summed E-state index contributed by atoms with van der Waals surface area (Å²) in [6.07, 6.45) is -3.90. The molecule has 2 rings (SSSR count). The number of piperazine rings is 1. The number of thiazole rings is 1. The average Bonchev–Trinajstić information content (AvgIpc) is 2.89. The molecule has 1 aromatic heterocycles. The number of hydrogen-bond acceptors (Lipinski definition) is 5. The van der Waals surface area contributed by atoms with Crippen LogP contribution in [0.4, 0.5) is 23.1 Å². The molecule has 1 amide bonds. The van der Waals surface area contributed by atoms with Crippen molar-refractivity contribution in [2.75, 3.05) is 37.7 Å². The van der Waals surface area contributed by atoms with Crippen LogP contribution in [-0.4, -0.2) is 48.8 Å². The third-order valence-electron chi connectivity index (χ3n) is 2.85. The summed E-state index contributed by atoms with van der Waals surface area (Å²) in [5.41, 5.74) is 0. The molecule has 0 atom stereocenters. The molecule has 2 heterocycles. The highest BCUT2D eigenvalue weighted by Gasteiger charge is 2.34. The van der Waals surface area contributed by atoms with Crippen molar-refractivity contribution < 1.29 is 22.7 Å². The molecule has 112 valence electrons. The van der Waals surface area contributed by atoms with Gasteiger partial charge in [-0.15, -0.1) is 0 Å². The topological polar surface area (TPSA) is 45.7 Å². The highest BCUT2D eigenvalue weighted by atomic mass is 32.1. The van der Waals surface area contributed by atoms with Crippen molar-refractivity contribution in [2.24, 2.45) is 0 Å². The Morgan fingerprint density at radius 1 is 1.40 bits per heavy atom. The Kier molecular flexibility index (Phi) is 4.36. The zero-order valence-electron chi connectivity index (χ0n) is 10.8. The number of alkyl halides is 3. The lowest BCUT2D eigenvalue weighted by Crippen LogP contribution is -2.48. The molecular weight excluding hydrogens is 295 g/mol. The summed E-state index contributed by atoms with van der Waals surface area (Å²) in [5, 5.41) is 0.334. The van der Waals surface area contributed by atoms with E-state index < -0.39 is 11.1 Å². The van der Waals surface area contributed by atoms with E-state index in [1.54, 1.807) is 11.8 Å². The molecule has 0 saturated carbocycles. The minimum Gasteiger partial charge on any atom is -0.450 e. The van der Waals surface area contributed by atoms with Gasteiger partial charge in [-0.05, 0) is 6.92 Å². The van der Waals surface area contributed by atoms with Gasteiger partial charge in [0, 0.05) is 26.2 Å². The van der Waals surface area contributed by atoms with Crippen molar-refractivity contribution in [3.63, 3.8) is 0 Å². The molecule has 0 N–H and O–H groups in total. The van der Waals surface area contributed by atoms with Gasteiger partial charge < -0.3 is 14.5 Å². The van der Waals surface area contributed by atoms with Crippen molar-refractivity contribution >= 4 is 22.6 Å². The first-order valence-electron chi connectivity index (χ1n) is 6.11. The molecule has 0 aromatic carbocycles. The monoisotopic (exact) mass is 309 g/mol. The quantitative estimate of drug-likeness (QED) is 0.842. The molecule has 0 bridgehead atoms. The van der Waals surface area contributed by atoms with Crippen LogP contribution in [0.2, 0.25) is 0 Å². The predicted octanol–water partition coefficient (Wildman–Crippen LogP) is 2.44. The Bertz CT molecular complexity index is 470. The van der Waals surface area contributed by atoms with Crippen molar-refractivity contribution in [2.45, 2.75) is 13.1 Å². The summed E-state index contributed by atoms with van der Waals surface area (Å²) in [7, 11) is 0. The van der Waals surface area contributed by atoms with Gasteiger partial charge in [-0.2, -0.15) is 13.2 Å². The zero-order valence-corrected chi connectivity index (χ0v) is 11.6. The van der Waals surface area contributed by atoms with E-state index in [9.17, 15) is 18.0 Å². The summed E-state index contributed by atoms with van der Waals surface area (Å²) in [6, 6.07) is 0. The third kappa shape index (κ3) is 3.33. The molecule has 1 saturated heterocycles. The highest BCUT2D eigenvalue weighted by Crippen LogP contribution is 2.36. The van der Waals surface area contributed by atoms with Crippen LogP contribution < -0.4 is 4.90 Å². The fourth-order valence-corrected chi connectivity index (χ4v) is 2.67. The van der Waals surface area contributed by atoms with E-state index in [2.05, 4.69) is 4.98 Å². The maximum Gasteiger partial charge on any atom is 0.427 e. The molecule has 1 aromatic rings. The minimum absolute atomic E-state index is 0.306. The van der Waals surface area contributed by atoms with Crippen LogP contribution in [0.3, 0.4) is 0 Å². The Labute approximate surface area is 117 Å². The standard InChI is InChI=1S/C11H14F3N3O2S/c1-2-19-10(18)17-5-3-16(4-6-17)9-15-7-8(20-9)11(12,13)14/h7H,2-6H2,1H3. The van der Waals surface area contributed by atoms with E-state index in [-0.39, 0.29) is 6.09 Å². The molecule has 0 unspecified atom stereocenters. The number of amides is 1. The second-order valence-corrected chi connectivity index (χ2v) is 5.19. The van der Waals surface area contributed by atoms with Crippen molar-refractivity contribution in [3.8, 4) is 0 Å². The van der Waals surface area contributed by atoms with Gasteiger partial charge in [0.1, 0.15) is 4.88 Å². The summed E-state index contributed by atoms with van der Waals surface area (Å²) < 4.78 is 42.4. The second kappa shape index (κ2) is 5.86. The Hall–Kier alpha value is -1.51. The van der Waals surface area contributed by atoms with E-state index in [1.807, 2.05) is 0 Å². The van der Waals surface area contributed by atoms with E-state index in [0.717, 1.165) is 6.20 Å². The Balaban J connectivity index is 1.94. The number of carbonyl (C=O) groups excluding carboxylic acids is 1. The summed E-state index contributed by atoms with van der Waals surface area (Å²) in [6.45, 7) is 3.76. The fraction of sp³-hybridized carbons (Fsp3) is 0.636. The summed E-state index contributed by atoms with van der Waals surface area (Å²) >= 11 is 0.621. The number of anilines is 1. The molecule has 0 aliphatic carbocycles. The average molecular weight is 309 g/mol. The number of rotatable bonds is 2. The normalized spacial score (nSPS) is 16.4. The summed E-state index contributed by atoms with van der Waals surface area (Å²) in [5.74, 6) is 0. The van der Waals surface area contributed by atoms with Crippen LogP contribution in [0.5, 0.6) is 0 Å². The van der Waals surface area contributed by atoms with Crippen LogP contribution in [0.25, 0.3) is 0 Å². The van der Waals surface area contributed by atoms with Crippen LogP contribution in [0, 0.1) is 0 Å². The predicted molar refractivity (Wildman–Crippen MR) is 67.9 cm³/mol. The van der Waals surface area contributed by atoms with E-state index in [1.165, 1.54) is 4.90 Å². The van der Waals surface area contributed by atoms with Crippen molar-refractivity contribution in [1.82, 2.24) is 9.88 Å². The van der Waals surface area contributed by atoms with Gasteiger partial charge in [0.2, 0.25) is 0 Å². The number of nitrogens with zero attached hydrogens (tertiary/aromatic N) is 3. The number of halogens is 3. The molecule has 9 heteroatoms. The molecule has 0 spiro atoms. The third-order valence-corrected chi connectivity index (χ3v) is 3.95. The Morgan fingerprint density at radius 3 is 2.55 bits per heavy atom. The number of aromatic nitrogens is 1. The SMILES string of the molecule is CCOC(=O)N1CCN(c2ncc(C(F)(F)F)s2)CC1. The van der Waals surface area contributed by atoms with Gasteiger partial charge in [-0.3, -0.25) is 0 Å². The maximum absolute atomic E-state index is 12.5. The van der Waals surface area contributed by atoms with Gasteiger partial charge in [0.15, 0.2) is 5.13 Å². The smallest absolute Gasteiger partial charge is 0.427 e. The van der Waals surface area contributed by atoms with E-state index in [0.29, 0.717) is 49.3 Å². The molecule has 20 heavy (non-hydrogen) atoms. The lowest BCUT2D eigenvalue weighted by Gasteiger charge is -2.33. The van der Waals surface area contributed by atoms with Crippen LogP contribution in [-0.2, 0) is 10.9 Å². The fourth-order valence-electron chi connectivity index (χ4n) is 1.84. The van der Waals surface area contributed by atoms with Crippen LogP contribution >= 0.6 is 11.3 Å². The van der Waals surface area contributed by atoms with Crippen LogP contribution in [0.1, 0.15) is 11.8 Å². The van der Waals surface area contributed by atoms with Gasteiger partial charge in [0.05, 0.1) is 12.8 Å². The first-order valence-corrected chi connectivity index (χ1v) is 6.93. The minimum atomic E-state index is -4.36. The van der Waals surface area contributed by atoms with Gasteiger partial charge in [0.25, 0.3) is 0 Å². The first kappa shape index (κ1) is 14.9. The molecule has 1 fully saturated rings.